The van der Waals surface area contributed by atoms with Gasteiger partial charge in [0.2, 0.25) is 11.8 Å². The molecule has 170 valence electrons. The second-order valence-corrected chi connectivity index (χ2v) is 8.31. The molecule has 2 aromatic carbocycles. The van der Waals surface area contributed by atoms with Crippen LogP contribution in [0.5, 0.6) is 5.75 Å². The van der Waals surface area contributed by atoms with Crippen LogP contribution in [0, 0.1) is 11.3 Å². The summed E-state index contributed by atoms with van der Waals surface area (Å²) in [6.45, 7) is 3.87. The van der Waals surface area contributed by atoms with Crippen LogP contribution in [0.25, 0.3) is 6.08 Å². The first kappa shape index (κ1) is 22.6. The molecule has 2 unspecified atom stereocenters. The van der Waals surface area contributed by atoms with E-state index in [0.29, 0.717) is 26.2 Å². The predicted molar refractivity (Wildman–Crippen MR) is 125 cm³/mol. The third-order valence-corrected chi connectivity index (χ3v) is 6.42. The molecule has 33 heavy (non-hydrogen) atoms. The Morgan fingerprint density at radius 2 is 1.79 bits per heavy atom. The van der Waals surface area contributed by atoms with Gasteiger partial charge in [0.05, 0.1) is 25.6 Å². The number of amides is 2. The van der Waals surface area contributed by atoms with E-state index in [0.717, 1.165) is 22.4 Å². The molecule has 1 saturated heterocycles. The van der Waals surface area contributed by atoms with Crippen molar-refractivity contribution in [3.63, 3.8) is 0 Å². The van der Waals surface area contributed by atoms with Gasteiger partial charge in [0.1, 0.15) is 11.8 Å². The molecule has 1 fully saturated rings. The Hall–Kier alpha value is -3.63. The van der Waals surface area contributed by atoms with Gasteiger partial charge in [0.15, 0.2) is 0 Å². The molecule has 2 aromatic rings. The summed E-state index contributed by atoms with van der Waals surface area (Å²) >= 11 is 0. The minimum absolute atomic E-state index is 0.0222. The fraction of sp³-hybridized carbons (Fsp3) is 0.346. The lowest BCUT2D eigenvalue weighted by Gasteiger charge is -2.38. The number of hydrogen-bond donors (Lipinski definition) is 0. The maximum Gasteiger partial charge on any atom is 0.225 e. The number of nitrogens with zero attached hydrogens (tertiary/aromatic N) is 4. The van der Waals surface area contributed by atoms with E-state index < -0.39 is 0 Å². The SMILES string of the molecule is COc1ccc(C(C#N)N2CCN(C(=O)CC3c4ccccc4C=CN3C(C)=O)CC2)cc1. The van der Waals surface area contributed by atoms with Gasteiger partial charge in [-0.25, -0.2) is 0 Å². The predicted octanol–water partition coefficient (Wildman–Crippen LogP) is 3.37. The van der Waals surface area contributed by atoms with Crippen molar-refractivity contribution in [2.45, 2.75) is 25.4 Å². The molecule has 0 bridgehead atoms. The zero-order valence-electron chi connectivity index (χ0n) is 19.0. The lowest BCUT2D eigenvalue weighted by Crippen LogP contribution is -2.50. The van der Waals surface area contributed by atoms with Gasteiger partial charge in [-0.05, 0) is 34.9 Å². The fourth-order valence-electron chi connectivity index (χ4n) is 4.59. The first-order valence-electron chi connectivity index (χ1n) is 11.1. The molecule has 2 atom stereocenters. The van der Waals surface area contributed by atoms with Gasteiger partial charge in [0, 0.05) is 39.3 Å². The van der Waals surface area contributed by atoms with Crippen molar-refractivity contribution in [3.8, 4) is 11.8 Å². The highest BCUT2D eigenvalue weighted by molar-refractivity contribution is 5.82. The van der Waals surface area contributed by atoms with Crippen LogP contribution >= 0.6 is 0 Å². The number of nitriles is 1. The van der Waals surface area contributed by atoms with Gasteiger partial charge >= 0.3 is 0 Å². The van der Waals surface area contributed by atoms with Gasteiger partial charge in [0.25, 0.3) is 0 Å². The van der Waals surface area contributed by atoms with Gasteiger partial charge in [-0.1, -0.05) is 36.4 Å². The highest BCUT2D eigenvalue weighted by atomic mass is 16.5. The highest BCUT2D eigenvalue weighted by Crippen LogP contribution is 2.33. The first-order valence-corrected chi connectivity index (χ1v) is 11.1. The third kappa shape index (κ3) is 4.76. The summed E-state index contributed by atoms with van der Waals surface area (Å²) in [6.07, 6.45) is 3.92. The molecule has 0 radical (unpaired) electrons. The molecule has 4 rings (SSSR count). The van der Waals surface area contributed by atoms with E-state index >= 15 is 0 Å². The second kappa shape index (κ2) is 9.88. The fourth-order valence-corrected chi connectivity index (χ4v) is 4.59. The van der Waals surface area contributed by atoms with Gasteiger partial charge in [-0.2, -0.15) is 5.26 Å². The molecule has 0 aliphatic carbocycles. The Bertz CT molecular complexity index is 1080. The largest absolute Gasteiger partial charge is 0.497 e. The molecule has 0 N–H and O–H groups in total. The Morgan fingerprint density at radius 3 is 2.42 bits per heavy atom. The molecule has 2 amide bonds. The molecule has 0 spiro atoms. The van der Waals surface area contributed by atoms with Crippen LogP contribution in [-0.4, -0.2) is 59.8 Å². The molecular weight excluding hydrogens is 416 g/mol. The Labute approximate surface area is 194 Å². The standard InChI is InChI=1S/C26H28N4O3/c1-19(31)30-12-11-20-5-3-4-6-23(20)24(30)17-26(32)29-15-13-28(14-16-29)25(18-27)21-7-9-22(33-2)10-8-21/h3-12,24-25H,13-17H2,1-2H3. The van der Waals surface area contributed by atoms with Gasteiger partial charge in [-0.3, -0.25) is 14.5 Å². The summed E-state index contributed by atoms with van der Waals surface area (Å²) in [7, 11) is 1.62. The zero-order chi connectivity index (χ0) is 23.4. The molecule has 0 saturated carbocycles. The van der Waals surface area contributed by atoms with E-state index in [1.807, 2.05) is 59.5 Å². The van der Waals surface area contributed by atoms with E-state index in [-0.39, 0.29) is 30.3 Å². The van der Waals surface area contributed by atoms with E-state index in [4.69, 9.17) is 4.74 Å². The summed E-state index contributed by atoms with van der Waals surface area (Å²) in [5.74, 6) is 0.693. The maximum absolute atomic E-state index is 13.2. The summed E-state index contributed by atoms with van der Waals surface area (Å²) in [6, 6.07) is 17.1. The lowest BCUT2D eigenvalue weighted by atomic mass is 9.93. The number of hydrogen-bond acceptors (Lipinski definition) is 5. The molecular formula is C26H28N4O3. The number of fused-ring (bicyclic) bond motifs is 1. The maximum atomic E-state index is 13.2. The molecule has 2 aliphatic heterocycles. The molecule has 7 heteroatoms. The van der Waals surface area contributed by atoms with E-state index in [1.54, 1.807) is 18.2 Å². The smallest absolute Gasteiger partial charge is 0.225 e. The minimum atomic E-state index is -0.364. The Balaban J connectivity index is 1.41. The van der Waals surface area contributed by atoms with Crippen molar-refractivity contribution < 1.29 is 14.3 Å². The van der Waals surface area contributed by atoms with Crippen LogP contribution in [0.1, 0.15) is 42.1 Å². The normalized spacial score (nSPS) is 18.9. The zero-order valence-corrected chi connectivity index (χ0v) is 19.0. The number of methoxy groups -OCH3 is 1. The Kier molecular flexibility index (Phi) is 6.76. The minimum Gasteiger partial charge on any atom is -0.497 e. The first-order chi connectivity index (χ1) is 16.0. The number of benzene rings is 2. The van der Waals surface area contributed by atoms with Crippen LogP contribution in [0.15, 0.2) is 54.7 Å². The number of carbonyl (C=O) groups excluding carboxylic acids is 2. The van der Waals surface area contributed by atoms with Crippen LogP contribution in [0.3, 0.4) is 0 Å². The van der Waals surface area contributed by atoms with E-state index in [9.17, 15) is 14.9 Å². The van der Waals surface area contributed by atoms with Crippen LogP contribution < -0.4 is 4.74 Å². The van der Waals surface area contributed by atoms with Crippen molar-refractivity contribution in [2.24, 2.45) is 0 Å². The monoisotopic (exact) mass is 444 g/mol. The van der Waals surface area contributed by atoms with Crippen molar-refractivity contribution in [1.82, 2.24) is 14.7 Å². The highest BCUT2D eigenvalue weighted by Gasteiger charge is 2.32. The second-order valence-electron chi connectivity index (χ2n) is 8.31. The number of carbonyl (C=O) groups is 2. The molecule has 7 nitrogen and oxygen atoms in total. The van der Waals surface area contributed by atoms with Gasteiger partial charge < -0.3 is 14.5 Å². The van der Waals surface area contributed by atoms with Crippen molar-refractivity contribution in [3.05, 3.63) is 71.4 Å². The van der Waals surface area contributed by atoms with Crippen LogP contribution in [0.4, 0.5) is 0 Å². The Morgan fingerprint density at radius 1 is 1.09 bits per heavy atom. The number of ether oxygens (including phenoxy) is 1. The molecule has 0 aromatic heterocycles. The summed E-state index contributed by atoms with van der Waals surface area (Å²) in [5.41, 5.74) is 2.95. The molecule has 2 aliphatic rings. The number of rotatable bonds is 5. The topological polar surface area (TPSA) is 76.9 Å². The third-order valence-electron chi connectivity index (χ3n) is 6.42. The molecule has 2 heterocycles. The van der Waals surface area contributed by atoms with E-state index in [2.05, 4.69) is 11.0 Å². The average Bonchev–Trinajstić information content (AvgIpc) is 2.85. The quantitative estimate of drug-likeness (QED) is 0.707. The lowest BCUT2D eigenvalue weighted by molar-refractivity contribution is -0.136. The van der Waals surface area contributed by atoms with Crippen molar-refractivity contribution >= 4 is 17.9 Å². The summed E-state index contributed by atoms with van der Waals surface area (Å²) in [5, 5.41) is 9.78. The van der Waals surface area contributed by atoms with Crippen molar-refractivity contribution in [2.75, 3.05) is 33.3 Å². The van der Waals surface area contributed by atoms with Gasteiger partial charge in [-0.15, -0.1) is 0 Å². The van der Waals surface area contributed by atoms with Crippen molar-refractivity contribution in [1.29, 1.82) is 5.26 Å². The number of piperazine rings is 1. The van der Waals surface area contributed by atoms with Crippen LogP contribution in [0.2, 0.25) is 0 Å². The van der Waals surface area contributed by atoms with Crippen LogP contribution in [-0.2, 0) is 9.59 Å². The summed E-state index contributed by atoms with van der Waals surface area (Å²) in [4.78, 5) is 31.0. The van der Waals surface area contributed by atoms with E-state index in [1.165, 1.54) is 6.92 Å². The summed E-state index contributed by atoms with van der Waals surface area (Å²) < 4.78 is 5.21. The average molecular weight is 445 g/mol.